The number of fused-ring (bicyclic) bond motifs is 1. The number of benzene rings is 1. The number of carbonyl (C=O) groups is 1. The van der Waals surface area contributed by atoms with Crippen molar-refractivity contribution in [2.75, 3.05) is 5.73 Å². The normalized spacial score (nSPS) is 13.1. The van der Waals surface area contributed by atoms with Crippen LogP contribution in [-0.4, -0.2) is 15.5 Å². The van der Waals surface area contributed by atoms with Gasteiger partial charge in [-0.05, 0) is 24.1 Å². The standard InChI is InChI=1S/C14H20N4O/c1-4-12-17-10-7-9(15)5-6-11(10)18(12)13(8(2)3)14(16)19/h5-8,13H,4,15H2,1-3H3,(H2,16,19). The van der Waals surface area contributed by atoms with Gasteiger partial charge in [0.05, 0.1) is 11.0 Å². The predicted octanol–water partition coefficient (Wildman–Crippen LogP) is 1.86. The zero-order valence-electron chi connectivity index (χ0n) is 11.6. The number of rotatable bonds is 4. The van der Waals surface area contributed by atoms with Crippen LogP contribution in [0.5, 0.6) is 0 Å². The van der Waals surface area contributed by atoms with Crippen molar-refractivity contribution in [3.63, 3.8) is 0 Å². The molecule has 1 heterocycles. The van der Waals surface area contributed by atoms with E-state index >= 15 is 0 Å². The Morgan fingerprint density at radius 2 is 2.11 bits per heavy atom. The van der Waals surface area contributed by atoms with Gasteiger partial charge in [0.1, 0.15) is 11.9 Å². The first kappa shape index (κ1) is 13.4. The van der Waals surface area contributed by atoms with Crippen molar-refractivity contribution in [1.29, 1.82) is 0 Å². The van der Waals surface area contributed by atoms with Gasteiger partial charge in [-0.3, -0.25) is 4.79 Å². The molecule has 0 bridgehead atoms. The fraction of sp³-hybridized carbons (Fsp3) is 0.429. The van der Waals surface area contributed by atoms with Gasteiger partial charge in [0, 0.05) is 12.1 Å². The third-order valence-electron chi connectivity index (χ3n) is 3.30. The Balaban J connectivity index is 2.72. The summed E-state index contributed by atoms with van der Waals surface area (Å²) in [6.07, 6.45) is 0.741. The Morgan fingerprint density at radius 1 is 1.42 bits per heavy atom. The molecule has 0 spiro atoms. The molecule has 5 heteroatoms. The lowest BCUT2D eigenvalue weighted by molar-refractivity contribution is -0.122. The molecule has 1 unspecified atom stereocenters. The number of nitrogens with two attached hydrogens (primary N) is 2. The van der Waals surface area contributed by atoms with Crippen LogP contribution in [0, 0.1) is 5.92 Å². The van der Waals surface area contributed by atoms with Crippen LogP contribution in [0.2, 0.25) is 0 Å². The molecule has 1 amide bonds. The molecule has 1 atom stereocenters. The predicted molar refractivity (Wildman–Crippen MR) is 76.6 cm³/mol. The first-order chi connectivity index (χ1) is 8.95. The molecule has 0 radical (unpaired) electrons. The van der Waals surface area contributed by atoms with Crippen molar-refractivity contribution >= 4 is 22.6 Å². The second kappa shape index (κ2) is 4.91. The Bertz CT molecular complexity index is 615. The second-order valence-electron chi connectivity index (χ2n) is 5.09. The molecule has 102 valence electrons. The van der Waals surface area contributed by atoms with Crippen LogP contribution < -0.4 is 11.5 Å². The van der Waals surface area contributed by atoms with Crippen molar-refractivity contribution in [2.24, 2.45) is 11.7 Å². The molecule has 0 saturated heterocycles. The Labute approximate surface area is 112 Å². The summed E-state index contributed by atoms with van der Waals surface area (Å²) in [6, 6.07) is 5.15. The fourth-order valence-electron chi connectivity index (χ4n) is 2.48. The largest absolute Gasteiger partial charge is 0.399 e. The molecule has 1 aromatic heterocycles. The van der Waals surface area contributed by atoms with Gasteiger partial charge in [-0.1, -0.05) is 20.8 Å². The minimum atomic E-state index is -0.386. The van der Waals surface area contributed by atoms with Gasteiger partial charge >= 0.3 is 0 Å². The van der Waals surface area contributed by atoms with Crippen molar-refractivity contribution < 1.29 is 4.79 Å². The van der Waals surface area contributed by atoms with Crippen LogP contribution in [0.25, 0.3) is 11.0 Å². The highest BCUT2D eigenvalue weighted by Gasteiger charge is 2.25. The molecule has 2 rings (SSSR count). The SMILES string of the molecule is CCc1nc2cc(N)ccc2n1C(C(N)=O)C(C)C. The van der Waals surface area contributed by atoms with Crippen LogP contribution >= 0.6 is 0 Å². The molecular formula is C14H20N4O. The first-order valence-corrected chi connectivity index (χ1v) is 6.51. The van der Waals surface area contributed by atoms with Crippen molar-refractivity contribution in [2.45, 2.75) is 33.2 Å². The zero-order chi connectivity index (χ0) is 14.2. The smallest absolute Gasteiger partial charge is 0.240 e. The number of nitrogens with zero attached hydrogens (tertiary/aromatic N) is 2. The van der Waals surface area contributed by atoms with Crippen molar-refractivity contribution in [3.8, 4) is 0 Å². The van der Waals surface area contributed by atoms with E-state index < -0.39 is 0 Å². The topological polar surface area (TPSA) is 86.9 Å². The summed E-state index contributed by atoms with van der Waals surface area (Å²) in [5, 5.41) is 0. The maximum Gasteiger partial charge on any atom is 0.240 e. The number of aryl methyl sites for hydroxylation is 1. The molecule has 5 nitrogen and oxygen atoms in total. The average molecular weight is 260 g/mol. The van der Waals surface area contributed by atoms with Gasteiger partial charge in [-0.15, -0.1) is 0 Å². The summed E-state index contributed by atoms with van der Waals surface area (Å²) in [5.74, 6) is 0.636. The van der Waals surface area contributed by atoms with E-state index in [4.69, 9.17) is 11.5 Å². The van der Waals surface area contributed by atoms with E-state index in [1.165, 1.54) is 0 Å². The molecular weight excluding hydrogens is 240 g/mol. The third-order valence-corrected chi connectivity index (χ3v) is 3.30. The lowest BCUT2D eigenvalue weighted by Gasteiger charge is -2.22. The maximum atomic E-state index is 11.8. The number of aromatic nitrogens is 2. The Kier molecular flexibility index (Phi) is 3.46. The zero-order valence-corrected chi connectivity index (χ0v) is 11.6. The number of primary amides is 1. The highest BCUT2D eigenvalue weighted by Crippen LogP contribution is 2.27. The Morgan fingerprint density at radius 3 is 2.63 bits per heavy atom. The fourth-order valence-corrected chi connectivity index (χ4v) is 2.48. The molecule has 0 aliphatic carbocycles. The van der Waals surface area contributed by atoms with Gasteiger partial charge in [0.2, 0.25) is 5.91 Å². The molecule has 19 heavy (non-hydrogen) atoms. The number of hydrogen-bond acceptors (Lipinski definition) is 3. The number of imidazole rings is 1. The van der Waals surface area contributed by atoms with E-state index in [1.807, 2.05) is 43.5 Å². The van der Waals surface area contributed by atoms with Gasteiger partial charge in [0.25, 0.3) is 0 Å². The molecule has 0 fully saturated rings. The van der Waals surface area contributed by atoms with Crippen LogP contribution in [-0.2, 0) is 11.2 Å². The number of anilines is 1. The third kappa shape index (κ3) is 2.28. The lowest BCUT2D eigenvalue weighted by atomic mass is 10.0. The van der Waals surface area contributed by atoms with Gasteiger partial charge < -0.3 is 16.0 Å². The van der Waals surface area contributed by atoms with Crippen molar-refractivity contribution in [3.05, 3.63) is 24.0 Å². The summed E-state index contributed by atoms with van der Waals surface area (Å²) in [4.78, 5) is 16.3. The summed E-state index contributed by atoms with van der Waals surface area (Å²) < 4.78 is 1.95. The highest BCUT2D eigenvalue weighted by atomic mass is 16.1. The van der Waals surface area contributed by atoms with Gasteiger partial charge in [0.15, 0.2) is 0 Å². The van der Waals surface area contributed by atoms with Crippen LogP contribution in [0.1, 0.15) is 32.6 Å². The summed E-state index contributed by atoms with van der Waals surface area (Å²) in [7, 11) is 0. The van der Waals surface area contributed by atoms with E-state index in [-0.39, 0.29) is 17.9 Å². The summed E-state index contributed by atoms with van der Waals surface area (Å²) in [6.45, 7) is 5.98. The molecule has 0 saturated carbocycles. The molecule has 4 N–H and O–H groups in total. The summed E-state index contributed by atoms with van der Waals surface area (Å²) >= 11 is 0. The second-order valence-corrected chi connectivity index (χ2v) is 5.09. The van der Waals surface area contributed by atoms with E-state index in [0.29, 0.717) is 5.69 Å². The maximum absolute atomic E-state index is 11.8. The van der Waals surface area contributed by atoms with Gasteiger partial charge in [-0.2, -0.15) is 0 Å². The average Bonchev–Trinajstić information content (AvgIpc) is 2.66. The van der Waals surface area contributed by atoms with Crippen LogP contribution in [0.3, 0.4) is 0 Å². The monoisotopic (exact) mass is 260 g/mol. The van der Waals surface area contributed by atoms with Crippen molar-refractivity contribution in [1.82, 2.24) is 9.55 Å². The van der Waals surface area contributed by atoms with E-state index in [1.54, 1.807) is 0 Å². The minimum absolute atomic E-state index is 0.109. The number of nitrogen functional groups attached to an aromatic ring is 1. The van der Waals surface area contributed by atoms with Crippen LogP contribution in [0.15, 0.2) is 18.2 Å². The van der Waals surface area contributed by atoms with E-state index in [9.17, 15) is 4.79 Å². The molecule has 0 aliphatic rings. The van der Waals surface area contributed by atoms with E-state index in [0.717, 1.165) is 23.3 Å². The summed E-state index contributed by atoms with van der Waals surface area (Å²) in [5.41, 5.74) is 13.7. The highest BCUT2D eigenvalue weighted by molar-refractivity contribution is 5.84. The van der Waals surface area contributed by atoms with E-state index in [2.05, 4.69) is 4.98 Å². The lowest BCUT2D eigenvalue weighted by Crippen LogP contribution is -2.31. The number of carbonyl (C=O) groups excluding carboxylic acids is 1. The Hall–Kier alpha value is -2.04. The molecule has 2 aromatic rings. The number of amides is 1. The minimum Gasteiger partial charge on any atom is -0.399 e. The molecule has 0 aliphatic heterocycles. The quantitative estimate of drug-likeness (QED) is 0.822. The van der Waals surface area contributed by atoms with Crippen LogP contribution in [0.4, 0.5) is 5.69 Å². The number of hydrogen-bond donors (Lipinski definition) is 2. The first-order valence-electron chi connectivity index (χ1n) is 6.51. The van der Waals surface area contributed by atoms with Gasteiger partial charge in [-0.25, -0.2) is 4.98 Å². The molecule has 1 aromatic carbocycles.